The van der Waals surface area contributed by atoms with E-state index in [1.165, 1.54) is 6.08 Å². The van der Waals surface area contributed by atoms with Crippen LogP contribution in [0.15, 0.2) is 23.6 Å². The minimum Gasteiger partial charge on any atom is -0.344 e. The number of hydrogen-bond donors (Lipinski definition) is 0. The molecule has 0 aromatic rings. The van der Waals surface area contributed by atoms with Crippen LogP contribution in [0, 0.1) is 22.7 Å². The first kappa shape index (κ1) is 25.4. The third-order valence-electron chi connectivity index (χ3n) is 9.22. The summed E-state index contributed by atoms with van der Waals surface area (Å²) in [5, 5.41) is -0.821. The summed E-state index contributed by atoms with van der Waals surface area (Å²) in [7, 11) is 0. The molecular weight excluding hydrogens is 532 g/mol. The summed E-state index contributed by atoms with van der Waals surface area (Å²) in [6, 6.07) is 0. The number of alkyl halides is 5. The number of allylic oxidation sites excluding steroid dienone is 4. The van der Waals surface area contributed by atoms with Gasteiger partial charge in [-0.25, -0.2) is 8.78 Å². The number of hydrogen-bond acceptors (Lipinski definition) is 4. The van der Waals surface area contributed by atoms with Gasteiger partial charge in [-0.15, -0.1) is 23.2 Å². The molecule has 0 aromatic heterocycles. The van der Waals surface area contributed by atoms with E-state index in [1.54, 1.807) is 20.8 Å². The lowest BCUT2D eigenvalue weighted by molar-refractivity contribution is -0.212. The van der Waals surface area contributed by atoms with Crippen molar-refractivity contribution in [1.82, 2.24) is 0 Å². The normalized spacial score (nSPS) is 51.3. The number of Topliss-reactive ketones (excluding diaryl/α,β-unsaturated/α-hetero) is 1. The molecule has 9 atom stereocenters. The van der Waals surface area contributed by atoms with Gasteiger partial charge in [-0.05, 0) is 51.0 Å². The molecule has 0 amide bonds. The van der Waals surface area contributed by atoms with Crippen molar-refractivity contribution >= 4 is 58.0 Å². The summed E-state index contributed by atoms with van der Waals surface area (Å²) in [6.45, 7) is 6.94. The quantitative estimate of drug-likeness (QED) is 0.391. The van der Waals surface area contributed by atoms with E-state index in [0.29, 0.717) is 6.42 Å². The van der Waals surface area contributed by atoms with E-state index >= 15 is 4.39 Å². The largest absolute Gasteiger partial charge is 0.344 e. The van der Waals surface area contributed by atoms with Gasteiger partial charge in [-0.2, -0.15) is 0 Å². The first-order chi connectivity index (χ1) is 15.6. The Balaban J connectivity index is 1.68. The average molecular weight is 558 g/mol. The molecule has 0 radical (unpaired) electrons. The molecule has 34 heavy (non-hydrogen) atoms. The van der Waals surface area contributed by atoms with Crippen molar-refractivity contribution in [2.75, 3.05) is 0 Å². The van der Waals surface area contributed by atoms with Gasteiger partial charge in [-0.1, -0.05) is 43.1 Å². The third kappa shape index (κ3) is 2.79. The maximum Gasteiger partial charge on any atom is 0.213 e. The standard InChI is InChI=1S/C24H26Cl4F2O4/c1-20(2)33-15-8-10-11-7-12(29)16-17(30)13(31)5-6-21(16,3)23(11,28)14(25)9-22(10,4)24(15,34-20)18(32)19(26)27/h5-6,10-12,14-15,19H,7-9H2,1-4H3/t10-,11-,12-,14-,15+,21-,22-,23-,24-/m0/s1. The molecule has 0 N–H and O–H groups in total. The van der Waals surface area contributed by atoms with Crippen molar-refractivity contribution < 1.29 is 27.8 Å². The van der Waals surface area contributed by atoms with Crippen LogP contribution in [-0.4, -0.2) is 50.3 Å². The number of rotatable bonds is 2. The Labute approximate surface area is 217 Å². The van der Waals surface area contributed by atoms with Crippen molar-refractivity contribution in [2.45, 2.75) is 85.7 Å². The molecule has 0 bridgehead atoms. The predicted molar refractivity (Wildman–Crippen MR) is 126 cm³/mol. The summed E-state index contributed by atoms with van der Waals surface area (Å²) < 4.78 is 43.2. The average Bonchev–Trinajstić information content (AvgIpc) is 3.13. The predicted octanol–water partition coefficient (Wildman–Crippen LogP) is 5.99. The SMILES string of the molecule is CC1(C)O[C@@H]2C[C@H]3[C@@H]4C[C@H](F)C5=C(F)C(=O)C=C[C@]5(C)[C@@]4(Cl)[C@@H](Cl)C[C@]3(C)[C@]2(C(=O)C(Cl)Cl)O1. The van der Waals surface area contributed by atoms with E-state index in [-0.39, 0.29) is 24.3 Å². The number of ether oxygens (including phenoxy) is 2. The molecule has 4 aliphatic carbocycles. The highest BCUT2D eigenvalue weighted by molar-refractivity contribution is 6.54. The molecule has 4 nitrogen and oxygen atoms in total. The Bertz CT molecular complexity index is 1050. The number of carbonyl (C=O) groups excluding carboxylic acids is 2. The summed E-state index contributed by atoms with van der Waals surface area (Å²) in [6.07, 6.45) is 0.573. The molecule has 5 aliphatic rings. The second-order valence-electron chi connectivity index (χ2n) is 11.1. The van der Waals surface area contributed by atoms with Crippen molar-refractivity contribution in [3.8, 4) is 0 Å². The number of ketones is 2. The van der Waals surface area contributed by atoms with Crippen molar-refractivity contribution in [2.24, 2.45) is 22.7 Å². The molecular formula is C24H26Cl4F2O4. The molecule has 10 heteroatoms. The summed E-state index contributed by atoms with van der Waals surface area (Å²) >= 11 is 26.6. The van der Waals surface area contributed by atoms with E-state index in [9.17, 15) is 14.0 Å². The van der Waals surface area contributed by atoms with Crippen molar-refractivity contribution in [3.05, 3.63) is 23.6 Å². The zero-order valence-corrected chi connectivity index (χ0v) is 22.2. The summed E-state index contributed by atoms with van der Waals surface area (Å²) in [5.41, 5.74) is -4.00. The van der Waals surface area contributed by atoms with E-state index in [1.807, 2.05) is 6.92 Å². The maximum atomic E-state index is 15.7. The second-order valence-corrected chi connectivity index (χ2v) is 13.4. The fraction of sp³-hybridized carbons (Fsp3) is 0.750. The smallest absolute Gasteiger partial charge is 0.213 e. The van der Waals surface area contributed by atoms with Gasteiger partial charge in [0.25, 0.3) is 0 Å². The lowest BCUT2D eigenvalue weighted by Gasteiger charge is -2.64. The summed E-state index contributed by atoms with van der Waals surface area (Å²) in [5.74, 6) is -4.50. The molecule has 4 fully saturated rings. The Morgan fingerprint density at radius 3 is 2.44 bits per heavy atom. The van der Waals surface area contributed by atoms with Crippen LogP contribution in [0.1, 0.15) is 47.0 Å². The Hall–Kier alpha value is -0.240. The van der Waals surface area contributed by atoms with Gasteiger partial charge >= 0.3 is 0 Å². The molecule has 1 saturated heterocycles. The lowest BCUT2D eigenvalue weighted by atomic mass is 9.46. The molecule has 0 aromatic carbocycles. The van der Waals surface area contributed by atoms with Gasteiger partial charge in [0.15, 0.2) is 22.1 Å². The van der Waals surface area contributed by atoms with Crippen LogP contribution < -0.4 is 0 Å². The zero-order valence-electron chi connectivity index (χ0n) is 19.1. The molecule has 5 rings (SSSR count). The highest BCUT2D eigenvalue weighted by Crippen LogP contribution is 2.74. The van der Waals surface area contributed by atoms with Gasteiger partial charge in [0.05, 0.1) is 16.4 Å². The Kier molecular flexibility index (Phi) is 5.54. The number of carbonyl (C=O) groups is 2. The van der Waals surface area contributed by atoms with Gasteiger partial charge in [-0.3, -0.25) is 9.59 Å². The topological polar surface area (TPSA) is 52.6 Å². The number of fused-ring (bicyclic) bond motifs is 7. The van der Waals surface area contributed by atoms with E-state index in [2.05, 4.69) is 0 Å². The fourth-order valence-corrected chi connectivity index (χ4v) is 9.44. The van der Waals surface area contributed by atoms with Gasteiger partial charge < -0.3 is 9.47 Å². The van der Waals surface area contributed by atoms with E-state index in [4.69, 9.17) is 55.9 Å². The fourth-order valence-electron chi connectivity index (χ4n) is 7.93. The zero-order chi connectivity index (χ0) is 25.2. The maximum absolute atomic E-state index is 15.7. The Morgan fingerprint density at radius 1 is 1.18 bits per heavy atom. The molecule has 3 saturated carbocycles. The van der Waals surface area contributed by atoms with Crippen LogP contribution in [0.25, 0.3) is 0 Å². The summed E-state index contributed by atoms with van der Waals surface area (Å²) in [4.78, 5) is 22.9. The lowest BCUT2D eigenvalue weighted by Crippen LogP contribution is -2.69. The number of halogens is 6. The van der Waals surface area contributed by atoms with Crippen LogP contribution in [0.2, 0.25) is 0 Å². The van der Waals surface area contributed by atoms with Crippen LogP contribution in [0.4, 0.5) is 8.78 Å². The van der Waals surface area contributed by atoms with E-state index in [0.717, 1.165) is 6.08 Å². The van der Waals surface area contributed by atoms with Crippen molar-refractivity contribution in [1.29, 1.82) is 0 Å². The van der Waals surface area contributed by atoms with Crippen LogP contribution >= 0.6 is 46.4 Å². The first-order valence-electron chi connectivity index (χ1n) is 11.4. The molecule has 0 unspecified atom stereocenters. The monoisotopic (exact) mass is 556 g/mol. The Morgan fingerprint density at radius 2 is 1.82 bits per heavy atom. The third-order valence-corrected chi connectivity index (χ3v) is 11.2. The van der Waals surface area contributed by atoms with Gasteiger partial charge in [0.2, 0.25) is 11.6 Å². The van der Waals surface area contributed by atoms with Crippen LogP contribution in [0.5, 0.6) is 0 Å². The van der Waals surface area contributed by atoms with E-state index < -0.39 is 72.9 Å². The van der Waals surface area contributed by atoms with Gasteiger partial charge in [0, 0.05) is 16.4 Å². The van der Waals surface area contributed by atoms with Gasteiger partial charge in [0.1, 0.15) is 6.17 Å². The van der Waals surface area contributed by atoms with Crippen LogP contribution in [0.3, 0.4) is 0 Å². The minimum absolute atomic E-state index is 0.141. The first-order valence-corrected chi connectivity index (χ1v) is 13.1. The second kappa shape index (κ2) is 7.41. The molecule has 0 spiro atoms. The highest BCUT2D eigenvalue weighted by Gasteiger charge is 2.80. The molecule has 1 heterocycles. The highest BCUT2D eigenvalue weighted by atomic mass is 35.5. The minimum atomic E-state index is -1.74. The molecule has 1 aliphatic heterocycles. The molecule has 188 valence electrons. The van der Waals surface area contributed by atoms with Crippen molar-refractivity contribution in [3.63, 3.8) is 0 Å². The van der Waals surface area contributed by atoms with Crippen LogP contribution in [-0.2, 0) is 19.1 Å².